The molecule has 1 aliphatic rings. The summed E-state index contributed by atoms with van der Waals surface area (Å²) >= 11 is 0. The Morgan fingerprint density at radius 3 is 2.55 bits per heavy atom. The van der Waals surface area contributed by atoms with E-state index in [1.807, 2.05) is 20.8 Å². The van der Waals surface area contributed by atoms with E-state index < -0.39 is 21.3 Å². The smallest absolute Gasteiger partial charge is 0.410 e. The zero-order valence-electron chi connectivity index (χ0n) is 17.9. The predicted molar refractivity (Wildman–Crippen MR) is 108 cm³/mol. The van der Waals surface area contributed by atoms with Gasteiger partial charge in [-0.15, -0.1) is 0 Å². The number of nitrogens with zero attached hydrogens (tertiary/aromatic N) is 3. The molecule has 31 heavy (non-hydrogen) atoms. The first-order valence-corrected chi connectivity index (χ1v) is 11.7. The molecule has 0 atom stereocenters. The molecule has 3 rings (SSSR count). The van der Waals surface area contributed by atoms with Gasteiger partial charge in [-0.05, 0) is 51.8 Å². The van der Waals surface area contributed by atoms with Crippen LogP contribution in [-0.4, -0.2) is 60.6 Å². The molecule has 1 fully saturated rings. The minimum absolute atomic E-state index is 0.0109. The van der Waals surface area contributed by atoms with Crippen LogP contribution in [0.5, 0.6) is 0 Å². The average molecular weight is 456 g/mol. The maximum absolute atomic E-state index is 14.3. The van der Waals surface area contributed by atoms with Crippen molar-refractivity contribution < 1.29 is 31.6 Å². The zero-order valence-corrected chi connectivity index (χ0v) is 18.7. The SMILES string of the molecule is CC(C)(C)OC(=O)N1CCC(OCc2noc(-c3ccc(S(C)(=O)=O)cc3F)n2)CC1. The normalized spacial score (nSPS) is 15.8. The molecule has 1 saturated heterocycles. The Bertz CT molecular complexity index is 1040. The zero-order chi connectivity index (χ0) is 22.8. The number of piperidine rings is 1. The van der Waals surface area contributed by atoms with Crippen LogP contribution in [0.15, 0.2) is 27.6 Å². The summed E-state index contributed by atoms with van der Waals surface area (Å²) in [4.78, 5) is 17.8. The summed E-state index contributed by atoms with van der Waals surface area (Å²) < 4.78 is 53.6. The molecule has 1 aliphatic heterocycles. The van der Waals surface area contributed by atoms with Gasteiger partial charge in [-0.1, -0.05) is 5.16 Å². The largest absolute Gasteiger partial charge is 0.444 e. The quantitative estimate of drug-likeness (QED) is 0.676. The van der Waals surface area contributed by atoms with Gasteiger partial charge in [0.2, 0.25) is 0 Å². The van der Waals surface area contributed by atoms with E-state index >= 15 is 0 Å². The van der Waals surface area contributed by atoms with E-state index in [4.69, 9.17) is 14.0 Å². The van der Waals surface area contributed by atoms with E-state index in [-0.39, 0.29) is 41.0 Å². The van der Waals surface area contributed by atoms with E-state index in [0.717, 1.165) is 12.3 Å². The van der Waals surface area contributed by atoms with Gasteiger partial charge >= 0.3 is 6.09 Å². The number of halogens is 1. The van der Waals surface area contributed by atoms with E-state index in [1.165, 1.54) is 12.1 Å². The summed E-state index contributed by atoms with van der Waals surface area (Å²) in [5.74, 6) is -0.583. The molecule has 0 N–H and O–H groups in total. The van der Waals surface area contributed by atoms with Gasteiger partial charge in [-0.25, -0.2) is 17.6 Å². The Balaban J connectivity index is 1.53. The number of rotatable bonds is 5. The number of hydrogen-bond donors (Lipinski definition) is 0. The lowest BCUT2D eigenvalue weighted by Gasteiger charge is -2.33. The van der Waals surface area contributed by atoms with Gasteiger partial charge in [0, 0.05) is 19.3 Å². The average Bonchev–Trinajstić information content (AvgIpc) is 3.13. The van der Waals surface area contributed by atoms with E-state index in [9.17, 15) is 17.6 Å². The molecule has 1 aromatic heterocycles. The number of ether oxygens (including phenoxy) is 2. The molecule has 2 aromatic rings. The van der Waals surface area contributed by atoms with Gasteiger partial charge in [-0.2, -0.15) is 4.98 Å². The van der Waals surface area contributed by atoms with Crippen LogP contribution < -0.4 is 0 Å². The highest BCUT2D eigenvalue weighted by Gasteiger charge is 2.27. The second kappa shape index (κ2) is 8.91. The van der Waals surface area contributed by atoms with Gasteiger partial charge in [0.1, 0.15) is 18.0 Å². The van der Waals surface area contributed by atoms with Gasteiger partial charge < -0.3 is 18.9 Å². The fraction of sp³-hybridized carbons (Fsp3) is 0.550. The lowest BCUT2D eigenvalue weighted by atomic mass is 10.1. The first-order chi connectivity index (χ1) is 14.4. The third-order valence-corrected chi connectivity index (χ3v) is 5.72. The van der Waals surface area contributed by atoms with E-state index in [0.29, 0.717) is 25.9 Å². The third kappa shape index (κ3) is 6.23. The Kier molecular flexibility index (Phi) is 6.65. The van der Waals surface area contributed by atoms with Crippen LogP contribution in [0.1, 0.15) is 39.4 Å². The van der Waals surface area contributed by atoms with Crippen molar-refractivity contribution in [1.29, 1.82) is 0 Å². The van der Waals surface area contributed by atoms with Gasteiger partial charge in [0.05, 0.1) is 16.6 Å². The molecule has 170 valence electrons. The summed E-state index contributed by atoms with van der Waals surface area (Å²) in [6, 6.07) is 3.49. The van der Waals surface area contributed by atoms with Crippen molar-refractivity contribution in [3.8, 4) is 11.5 Å². The van der Waals surface area contributed by atoms with Gasteiger partial charge in [-0.3, -0.25) is 0 Å². The van der Waals surface area contributed by atoms with E-state index in [2.05, 4.69) is 10.1 Å². The molecule has 0 spiro atoms. The molecule has 0 saturated carbocycles. The van der Waals surface area contributed by atoms with Crippen LogP contribution in [-0.2, 0) is 25.9 Å². The molecule has 0 unspecified atom stereocenters. The molecule has 9 nitrogen and oxygen atoms in total. The van der Waals surface area contributed by atoms with Crippen LogP contribution in [0.4, 0.5) is 9.18 Å². The topological polar surface area (TPSA) is 112 Å². The fourth-order valence-electron chi connectivity index (χ4n) is 3.05. The summed E-state index contributed by atoms with van der Waals surface area (Å²) in [6.45, 7) is 6.59. The van der Waals surface area contributed by atoms with Crippen molar-refractivity contribution in [1.82, 2.24) is 15.0 Å². The Hall–Kier alpha value is -2.53. The number of carbonyl (C=O) groups excluding carboxylic acids is 1. The summed E-state index contributed by atoms with van der Waals surface area (Å²) in [5.41, 5.74) is -0.525. The van der Waals surface area contributed by atoms with Crippen molar-refractivity contribution in [3.63, 3.8) is 0 Å². The minimum atomic E-state index is -3.52. The number of hydrogen-bond acceptors (Lipinski definition) is 8. The summed E-state index contributed by atoms with van der Waals surface area (Å²) in [5, 5.41) is 3.79. The standard InChI is InChI=1S/C20H26FN3O6S/c1-20(2,3)29-19(25)24-9-7-13(8-10-24)28-12-17-22-18(30-23-17)15-6-5-14(11-16(15)21)31(4,26)27/h5-6,11,13H,7-10,12H2,1-4H3. The Morgan fingerprint density at radius 1 is 1.29 bits per heavy atom. The Labute approximate surface area is 180 Å². The Morgan fingerprint density at radius 2 is 1.97 bits per heavy atom. The van der Waals surface area contributed by atoms with Crippen LogP contribution in [0.2, 0.25) is 0 Å². The van der Waals surface area contributed by atoms with Crippen LogP contribution in [0, 0.1) is 5.82 Å². The number of sulfone groups is 1. The molecule has 11 heteroatoms. The highest BCUT2D eigenvalue weighted by molar-refractivity contribution is 7.90. The highest BCUT2D eigenvalue weighted by Crippen LogP contribution is 2.24. The summed E-state index contributed by atoms with van der Waals surface area (Å²) in [7, 11) is -3.52. The predicted octanol–water partition coefficient (Wildman–Crippen LogP) is 3.20. The molecule has 1 aromatic carbocycles. The van der Waals surface area contributed by atoms with Crippen molar-refractivity contribution in [2.45, 2.75) is 56.8 Å². The lowest BCUT2D eigenvalue weighted by Crippen LogP contribution is -2.43. The van der Waals surface area contributed by atoms with Crippen molar-refractivity contribution in [2.75, 3.05) is 19.3 Å². The molecular weight excluding hydrogens is 429 g/mol. The number of carbonyl (C=O) groups is 1. The number of amides is 1. The molecule has 0 radical (unpaired) electrons. The van der Waals surface area contributed by atoms with Gasteiger partial charge in [0.25, 0.3) is 5.89 Å². The summed E-state index contributed by atoms with van der Waals surface area (Å²) in [6.07, 6.45) is 1.88. The van der Waals surface area contributed by atoms with Crippen LogP contribution in [0.25, 0.3) is 11.5 Å². The second-order valence-corrected chi connectivity index (χ2v) is 10.4. The second-order valence-electron chi connectivity index (χ2n) is 8.41. The first-order valence-electron chi connectivity index (χ1n) is 9.84. The third-order valence-electron chi connectivity index (χ3n) is 4.61. The molecular formula is C20H26FN3O6S. The molecule has 0 bridgehead atoms. The van der Waals surface area contributed by atoms with E-state index in [1.54, 1.807) is 4.90 Å². The fourth-order valence-corrected chi connectivity index (χ4v) is 3.68. The number of benzene rings is 1. The maximum atomic E-state index is 14.3. The van der Waals surface area contributed by atoms with Crippen molar-refractivity contribution in [2.24, 2.45) is 0 Å². The minimum Gasteiger partial charge on any atom is -0.444 e. The highest BCUT2D eigenvalue weighted by atomic mass is 32.2. The van der Waals surface area contributed by atoms with Crippen LogP contribution >= 0.6 is 0 Å². The first kappa shape index (κ1) is 23.1. The number of aromatic nitrogens is 2. The van der Waals surface area contributed by atoms with Crippen molar-refractivity contribution in [3.05, 3.63) is 29.8 Å². The van der Waals surface area contributed by atoms with Crippen LogP contribution in [0.3, 0.4) is 0 Å². The maximum Gasteiger partial charge on any atom is 0.410 e. The van der Waals surface area contributed by atoms with Crippen molar-refractivity contribution >= 4 is 15.9 Å². The van der Waals surface area contributed by atoms with Gasteiger partial charge in [0.15, 0.2) is 15.7 Å². The monoisotopic (exact) mass is 455 g/mol. The molecule has 2 heterocycles. The molecule has 0 aliphatic carbocycles. The lowest BCUT2D eigenvalue weighted by molar-refractivity contribution is -0.0190. The molecule has 1 amide bonds. The number of likely N-dealkylation sites (tertiary alicyclic amines) is 1.